The summed E-state index contributed by atoms with van der Waals surface area (Å²) in [6.07, 6.45) is -1.68. The molecule has 22 heavy (non-hydrogen) atoms. The van der Waals surface area contributed by atoms with Crippen molar-refractivity contribution in [2.45, 2.75) is 12.7 Å². The summed E-state index contributed by atoms with van der Waals surface area (Å²) in [5.74, 6) is 0. The number of hydrogen-bond donors (Lipinski definition) is 0. The van der Waals surface area contributed by atoms with Crippen LogP contribution in [0.15, 0.2) is 72.8 Å². The molecule has 4 heteroatoms. The van der Waals surface area contributed by atoms with Gasteiger partial charge in [-0.05, 0) is 11.1 Å². The molecule has 4 nitrogen and oxygen atoms in total. The number of rotatable bonds is 5. The molecule has 0 radical (unpaired) electrons. The van der Waals surface area contributed by atoms with Crippen molar-refractivity contribution in [2.24, 2.45) is 0 Å². The maximum Gasteiger partial charge on any atom is 0.509 e. The van der Waals surface area contributed by atoms with Gasteiger partial charge in [0.2, 0.25) is 0 Å². The first-order valence-electron chi connectivity index (χ1n) is 6.72. The van der Waals surface area contributed by atoms with Crippen molar-refractivity contribution in [3.8, 4) is 6.07 Å². The van der Waals surface area contributed by atoms with Crippen molar-refractivity contribution in [1.29, 1.82) is 5.26 Å². The molecule has 0 N–H and O–H groups in total. The molecule has 0 fully saturated rings. The number of carbonyl (C=O) groups is 1. The normalized spacial score (nSPS) is 11.0. The van der Waals surface area contributed by atoms with E-state index in [-0.39, 0.29) is 12.2 Å². The Kier molecular flexibility index (Phi) is 5.33. The van der Waals surface area contributed by atoms with Gasteiger partial charge < -0.3 is 9.47 Å². The summed E-state index contributed by atoms with van der Waals surface area (Å²) < 4.78 is 10.3. The average molecular weight is 293 g/mol. The monoisotopic (exact) mass is 293 g/mol. The zero-order valence-electron chi connectivity index (χ0n) is 11.9. The highest BCUT2D eigenvalue weighted by molar-refractivity contribution is 5.61. The molecule has 0 heterocycles. The first-order valence-corrected chi connectivity index (χ1v) is 6.72. The van der Waals surface area contributed by atoms with Gasteiger partial charge in [-0.3, -0.25) is 0 Å². The van der Waals surface area contributed by atoms with Crippen LogP contribution in [0.1, 0.15) is 17.2 Å². The summed E-state index contributed by atoms with van der Waals surface area (Å²) in [5.41, 5.74) is 1.67. The smallest absolute Gasteiger partial charge is 0.429 e. The molecule has 110 valence electrons. The average Bonchev–Trinajstić information content (AvgIpc) is 2.59. The van der Waals surface area contributed by atoms with Gasteiger partial charge in [-0.25, -0.2) is 4.79 Å². The molecule has 0 aliphatic rings. The van der Waals surface area contributed by atoms with Crippen LogP contribution in [0.2, 0.25) is 0 Å². The Balaban J connectivity index is 2.00. The van der Waals surface area contributed by atoms with E-state index >= 15 is 0 Å². The second kappa shape index (κ2) is 7.65. The fourth-order valence-electron chi connectivity index (χ4n) is 1.87. The van der Waals surface area contributed by atoms with Crippen LogP contribution in [-0.4, -0.2) is 6.16 Å². The molecule has 0 aromatic heterocycles. The topological polar surface area (TPSA) is 59.3 Å². The first-order chi connectivity index (χ1) is 10.7. The van der Waals surface area contributed by atoms with Gasteiger partial charge in [0, 0.05) is 0 Å². The largest absolute Gasteiger partial charge is 0.509 e. The molecule has 1 atom stereocenters. The molecular formula is C18H15NO3. The third kappa shape index (κ3) is 4.22. The van der Waals surface area contributed by atoms with E-state index in [9.17, 15) is 4.79 Å². The highest BCUT2D eigenvalue weighted by atomic mass is 16.7. The van der Waals surface area contributed by atoms with Crippen LogP contribution in [0.5, 0.6) is 0 Å². The van der Waals surface area contributed by atoms with E-state index in [1.165, 1.54) is 0 Å². The fourth-order valence-corrected chi connectivity index (χ4v) is 1.87. The molecule has 0 bridgehead atoms. The van der Waals surface area contributed by atoms with Crippen molar-refractivity contribution in [3.63, 3.8) is 0 Å². The molecule has 2 aromatic carbocycles. The number of nitrogens with zero attached hydrogens (tertiary/aromatic N) is 1. The predicted octanol–water partition coefficient (Wildman–Crippen LogP) is 4.16. The van der Waals surface area contributed by atoms with Crippen molar-refractivity contribution in [1.82, 2.24) is 0 Å². The van der Waals surface area contributed by atoms with E-state index in [0.29, 0.717) is 5.56 Å². The van der Waals surface area contributed by atoms with Gasteiger partial charge in [0.15, 0.2) is 6.10 Å². The molecule has 0 aliphatic carbocycles. The van der Waals surface area contributed by atoms with E-state index in [0.717, 1.165) is 5.56 Å². The van der Waals surface area contributed by atoms with Crippen molar-refractivity contribution < 1.29 is 14.3 Å². The predicted molar refractivity (Wildman–Crippen MR) is 81.6 cm³/mol. The molecule has 1 unspecified atom stereocenters. The standard InChI is InChI=1S/C18H15NO3/c1-14(12-19)17(16-10-6-3-7-11-16)22-18(20)21-13-15-8-4-2-5-9-15/h2-11,17H,1,13H2. The summed E-state index contributed by atoms with van der Waals surface area (Å²) in [6, 6.07) is 20.1. The summed E-state index contributed by atoms with van der Waals surface area (Å²) in [7, 11) is 0. The minimum atomic E-state index is -0.839. The van der Waals surface area contributed by atoms with E-state index in [4.69, 9.17) is 14.7 Å². The van der Waals surface area contributed by atoms with Gasteiger partial charge in [-0.2, -0.15) is 5.26 Å². The molecule has 0 saturated carbocycles. The van der Waals surface area contributed by atoms with Gasteiger partial charge in [-0.15, -0.1) is 0 Å². The molecular weight excluding hydrogens is 278 g/mol. The Bertz CT molecular complexity index is 674. The quantitative estimate of drug-likeness (QED) is 0.613. The molecule has 0 aliphatic heterocycles. The Morgan fingerprint density at radius 1 is 1.09 bits per heavy atom. The van der Waals surface area contributed by atoms with E-state index in [1.807, 2.05) is 42.5 Å². The van der Waals surface area contributed by atoms with Crippen molar-refractivity contribution in [3.05, 3.63) is 83.9 Å². The second-order valence-corrected chi connectivity index (χ2v) is 4.57. The van der Waals surface area contributed by atoms with Crippen LogP contribution in [0.25, 0.3) is 0 Å². The van der Waals surface area contributed by atoms with Gasteiger partial charge in [0.25, 0.3) is 0 Å². The van der Waals surface area contributed by atoms with E-state index in [2.05, 4.69) is 6.58 Å². The maximum atomic E-state index is 11.8. The first kappa shape index (κ1) is 15.3. The number of hydrogen-bond acceptors (Lipinski definition) is 4. The summed E-state index contributed by atoms with van der Waals surface area (Å²) in [6.45, 7) is 3.74. The lowest BCUT2D eigenvalue weighted by Gasteiger charge is -2.16. The number of carbonyl (C=O) groups excluding carboxylic acids is 1. The number of benzene rings is 2. The third-order valence-electron chi connectivity index (χ3n) is 2.98. The van der Waals surface area contributed by atoms with Gasteiger partial charge in [0.1, 0.15) is 6.61 Å². The van der Waals surface area contributed by atoms with E-state index < -0.39 is 12.3 Å². The maximum absolute atomic E-state index is 11.8. The lowest BCUT2D eigenvalue weighted by molar-refractivity contribution is 0.0300. The molecule has 2 rings (SSSR count). The molecule has 0 amide bonds. The zero-order chi connectivity index (χ0) is 15.8. The zero-order valence-corrected chi connectivity index (χ0v) is 11.9. The number of nitriles is 1. The van der Waals surface area contributed by atoms with E-state index in [1.54, 1.807) is 24.3 Å². The van der Waals surface area contributed by atoms with Crippen LogP contribution >= 0.6 is 0 Å². The Morgan fingerprint density at radius 2 is 1.68 bits per heavy atom. The minimum absolute atomic E-state index is 0.111. The number of ether oxygens (including phenoxy) is 2. The lowest BCUT2D eigenvalue weighted by Crippen LogP contribution is -2.14. The van der Waals surface area contributed by atoms with Gasteiger partial charge in [-0.1, -0.05) is 67.2 Å². The SMILES string of the molecule is C=C(C#N)C(OC(=O)OCc1ccccc1)c1ccccc1. The highest BCUT2D eigenvalue weighted by Gasteiger charge is 2.20. The minimum Gasteiger partial charge on any atom is -0.429 e. The van der Waals surface area contributed by atoms with Crippen LogP contribution in [0.3, 0.4) is 0 Å². The molecule has 0 spiro atoms. The Hall–Kier alpha value is -3.06. The van der Waals surface area contributed by atoms with Gasteiger partial charge in [0.05, 0.1) is 11.6 Å². The van der Waals surface area contributed by atoms with Gasteiger partial charge >= 0.3 is 6.16 Å². The molecule has 2 aromatic rings. The third-order valence-corrected chi connectivity index (χ3v) is 2.98. The lowest BCUT2D eigenvalue weighted by atomic mass is 10.0. The second-order valence-electron chi connectivity index (χ2n) is 4.57. The summed E-state index contributed by atoms with van der Waals surface area (Å²) in [5, 5.41) is 9.01. The molecule has 0 saturated heterocycles. The highest BCUT2D eigenvalue weighted by Crippen LogP contribution is 2.24. The Labute approximate surface area is 129 Å². The van der Waals surface area contributed by atoms with Crippen LogP contribution in [-0.2, 0) is 16.1 Å². The van der Waals surface area contributed by atoms with Crippen molar-refractivity contribution >= 4 is 6.16 Å². The summed E-state index contributed by atoms with van der Waals surface area (Å²) in [4.78, 5) is 11.8. The van der Waals surface area contributed by atoms with Crippen molar-refractivity contribution in [2.75, 3.05) is 0 Å². The van der Waals surface area contributed by atoms with Crippen LogP contribution in [0.4, 0.5) is 4.79 Å². The fraction of sp³-hybridized carbons (Fsp3) is 0.111. The Morgan fingerprint density at radius 3 is 2.27 bits per heavy atom. The van der Waals surface area contributed by atoms with Crippen LogP contribution < -0.4 is 0 Å². The van der Waals surface area contributed by atoms with Crippen LogP contribution in [0, 0.1) is 11.3 Å². The summed E-state index contributed by atoms with van der Waals surface area (Å²) >= 11 is 0.